The van der Waals surface area contributed by atoms with E-state index in [0.29, 0.717) is 37.9 Å². The van der Waals surface area contributed by atoms with Gasteiger partial charge in [-0.3, -0.25) is 14.4 Å². The van der Waals surface area contributed by atoms with E-state index in [4.69, 9.17) is 10.5 Å². The van der Waals surface area contributed by atoms with Gasteiger partial charge in [0.25, 0.3) is 5.91 Å². The zero-order chi connectivity index (χ0) is 18.7. The Morgan fingerprint density at radius 1 is 1.19 bits per heavy atom. The molecule has 2 heterocycles. The summed E-state index contributed by atoms with van der Waals surface area (Å²) < 4.78 is 5.18. The largest absolute Gasteiger partial charge is 0.382 e. The van der Waals surface area contributed by atoms with E-state index in [0.717, 1.165) is 18.5 Å². The molecule has 0 aliphatic carbocycles. The lowest BCUT2D eigenvalue weighted by molar-refractivity contribution is -0.130. The van der Waals surface area contributed by atoms with Gasteiger partial charge in [-0.1, -0.05) is 12.1 Å². The molecule has 0 saturated carbocycles. The number of primary amides is 1. The third-order valence-electron chi connectivity index (χ3n) is 5.32. The van der Waals surface area contributed by atoms with Gasteiger partial charge in [-0.25, -0.2) is 0 Å². The average molecular weight is 359 g/mol. The predicted molar refractivity (Wildman–Crippen MR) is 95.2 cm³/mol. The van der Waals surface area contributed by atoms with Gasteiger partial charge < -0.3 is 20.3 Å². The Labute approximate surface area is 153 Å². The van der Waals surface area contributed by atoms with Crippen molar-refractivity contribution in [1.29, 1.82) is 0 Å². The maximum atomic E-state index is 12.9. The van der Waals surface area contributed by atoms with Crippen LogP contribution in [-0.4, -0.2) is 59.9 Å². The molecule has 2 N–H and O–H groups in total. The second kappa shape index (κ2) is 7.45. The third-order valence-corrected chi connectivity index (χ3v) is 5.32. The van der Waals surface area contributed by atoms with Gasteiger partial charge in [0.05, 0.1) is 6.61 Å². The summed E-state index contributed by atoms with van der Waals surface area (Å²) in [4.78, 5) is 40.1. The van der Waals surface area contributed by atoms with Crippen LogP contribution in [0.25, 0.3) is 0 Å². The fraction of sp³-hybridized carbons (Fsp3) is 0.526. The summed E-state index contributed by atoms with van der Waals surface area (Å²) in [7, 11) is 1.50. The highest BCUT2D eigenvalue weighted by atomic mass is 16.5. The maximum Gasteiger partial charge on any atom is 0.254 e. The summed E-state index contributed by atoms with van der Waals surface area (Å²) in [5, 5.41) is 0. The monoisotopic (exact) mass is 359 g/mol. The Morgan fingerprint density at radius 3 is 2.50 bits per heavy atom. The highest BCUT2D eigenvalue weighted by Crippen LogP contribution is 2.31. The van der Waals surface area contributed by atoms with Crippen LogP contribution in [0.2, 0.25) is 0 Å². The first-order valence-electron chi connectivity index (χ1n) is 8.95. The molecule has 140 valence electrons. The lowest BCUT2D eigenvalue weighted by atomic mass is 9.95. The molecular weight excluding hydrogens is 334 g/mol. The van der Waals surface area contributed by atoms with Gasteiger partial charge in [-0.2, -0.15) is 0 Å². The van der Waals surface area contributed by atoms with Gasteiger partial charge >= 0.3 is 0 Å². The molecule has 3 amide bonds. The molecule has 7 heteroatoms. The Balaban J connectivity index is 1.75. The van der Waals surface area contributed by atoms with Crippen molar-refractivity contribution >= 4 is 17.7 Å². The Hall–Kier alpha value is -2.41. The van der Waals surface area contributed by atoms with E-state index in [1.165, 1.54) is 12.0 Å². The van der Waals surface area contributed by atoms with Crippen LogP contribution in [0, 0.1) is 0 Å². The molecule has 7 nitrogen and oxygen atoms in total. The van der Waals surface area contributed by atoms with Crippen molar-refractivity contribution in [3.05, 3.63) is 35.4 Å². The van der Waals surface area contributed by atoms with E-state index in [1.54, 1.807) is 12.1 Å². The van der Waals surface area contributed by atoms with Crippen molar-refractivity contribution in [3.8, 4) is 0 Å². The highest BCUT2D eigenvalue weighted by Gasteiger charge is 2.48. The second-order valence-electron chi connectivity index (χ2n) is 7.00. The van der Waals surface area contributed by atoms with Crippen molar-refractivity contribution < 1.29 is 19.1 Å². The molecule has 2 aliphatic rings. The van der Waals surface area contributed by atoms with E-state index < -0.39 is 11.4 Å². The van der Waals surface area contributed by atoms with Crippen LogP contribution >= 0.6 is 0 Å². The van der Waals surface area contributed by atoms with Crippen molar-refractivity contribution in [2.45, 2.75) is 37.8 Å². The number of carbonyl (C=O) groups is 3. The van der Waals surface area contributed by atoms with Crippen molar-refractivity contribution in [2.24, 2.45) is 5.73 Å². The van der Waals surface area contributed by atoms with Crippen molar-refractivity contribution in [2.75, 3.05) is 26.8 Å². The molecule has 0 radical (unpaired) electrons. The Bertz CT molecular complexity index is 703. The minimum atomic E-state index is -1.08. The van der Waals surface area contributed by atoms with E-state index in [1.807, 2.05) is 17.0 Å². The smallest absolute Gasteiger partial charge is 0.254 e. The fourth-order valence-electron chi connectivity index (χ4n) is 3.89. The first kappa shape index (κ1) is 18.4. The summed E-state index contributed by atoms with van der Waals surface area (Å²) in [6.07, 6.45) is 2.74. The SMILES string of the molecule is COCC1(C(N)=O)CCCN1C(=O)c1ccc(CN2CCCC2=O)cc1. The number of hydrogen-bond donors (Lipinski definition) is 1. The number of rotatable bonds is 6. The number of benzene rings is 1. The molecule has 0 bridgehead atoms. The summed E-state index contributed by atoms with van der Waals surface area (Å²) in [6, 6.07) is 7.21. The van der Waals surface area contributed by atoms with E-state index in [9.17, 15) is 14.4 Å². The van der Waals surface area contributed by atoms with Crippen molar-refractivity contribution in [1.82, 2.24) is 9.80 Å². The van der Waals surface area contributed by atoms with Crippen LogP contribution < -0.4 is 5.73 Å². The molecule has 1 aromatic carbocycles. The van der Waals surface area contributed by atoms with Gasteiger partial charge in [0.1, 0.15) is 5.54 Å². The molecule has 3 rings (SSSR count). The van der Waals surface area contributed by atoms with Crippen LogP contribution in [-0.2, 0) is 20.9 Å². The number of hydrogen-bond acceptors (Lipinski definition) is 4. The molecule has 2 fully saturated rings. The second-order valence-corrected chi connectivity index (χ2v) is 7.00. The molecule has 26 heavy (non-hydrogen) atoms. The highest BCUT2D eigenvalue weighted by molar-refractivity contribution is 5.99. The Morgan fingerprint density at radius 2 is 1.92 bits per heavy atom. The number of ether oxygens (including phenoxy) is 1. The number of likely N-dealkylation sites (tertiary alicyclic amines) is 2. The lowest BCUT2D eigenvalue weighted by Crippen LogP contribution is -2.58. The normalized spacial score (nSPS) is 22.9. The molecular formula is C19H25N3O4. The fourth-order valence-corrected chi connectivity index (χ4v) is 3.89. The summed E-state index contributed by atoms with van der Waals surface area (Å²) in [6.45, 7) is 1.93. The quantitative estimate of drug-likeness (QED) is 0.817. The molecule has 2 saturated heterocycles. The molecule has 0 aromatic heterocycles. The summed E-state index contributed by atoms with van der Waals surface area (Å²) >= 11 is 0. The van der Waals surface area contributed by atoms with Gasteiger partial charge in [0.15, 0.2) is 0 Å². The van der Waals surface area contributed by atoms with E-state index in [-0.39, 0.29) is 18.4 Å². The zero-order valence-corrected chi connectivity index (χ0v) is 15.1. The van der Waals surface area contributed by atoms with Crippen LogP contribution in [0.1, 0.15) is 41.6 Å². The van der Waals surface area contributed by atoms with Crippen LogP contribution in [0.15, 0.2) is 24.3 Å². The van der Waals surface area contributed by atoms with Gasteiger partial charge in [0, 0.05) is 38.7 Å². The number of nitrogens with zero attached hydrogens (tertiary/aromatic N) is 2. The van der Waals surface area contributed by atoms with Crippen LogP contribution in [0.3, 0.4) is 0 Å². The van der Waals surface area contributed by atoms with E-state index in [2.05, 4.69) is 0 Å². The Kier molecular flexibility index (Phi) is 5.27. The zero-order valence-electron chi connectivity index (χ0n) is 15.1. The summed E-state index contributed by atoms with van der Waals surface area (Å²) in [5.41, 5.74) is 6.01. The van der Waals surface area contributed by atoms with Crippen molar-refractivity contribution in [3.63, 3.8) is 0 Å². The topological polar surface area (TPSA) is 92.9 Å². The van der Waals surface area contributed by atoms with Gasteiger partial charge in [-0.05, 0) is 37.0 Å². The number of nitrogens with two attached hydrogens (primary N) is 1. The standard InChI is InChI=1S/C19H25N3O4/c1-26-13-19(18(20)25)9-3-11-22(19)17(24)15-7-5-14(6-8-15)12-21-10-2-4-16(21)23/h5-8H,2-4,9-13H2,1H3,(H2,20,25). The average Bonchev–Trinajstić information content (AvgIpc) is 3.23. The van der Waals surface area contributed by atoms with Gasteiger partial charge in [0.2, 0.25) is 11.8 Å². The van der Waals surface area contributed by atoms with Gasteiger partial charge in [-0.15, -0.1) is 0 Å². The van der Waals surface area contributed by atoms with Crippen LogP contribution in [0.4, 0.5) is 0 Å². The molecule has 1 aromatic rings. The minimum absolute atomic E-state index is 0.100. The van der Waals surface area contributed by atoms with E-state index >= 15 is 0 Å². The predicted octanol–water partition coefficient (Wildman–Crippen LogP) is 0.916. The number of carbonyl (C=O) groups excluding carboxylic acids is 3. The number of amides is 3. The third kappa shape index (κ3) is 3.31. The molecule has 1 atom stereocenters. The first-order chi connectivity index (χ1) is 12.5. The summed E-state index contributed by atoms with van der Waals surface area (Å²) in [5.74, 6) is -0.579. The maximum absolute atomic E-state index is 12.9. The molecule has 0 spiro atoms. The molecule has 2 aliphatic heterocycles. The minimum Gasteiger partial charge on any atom is -0.382 e. The lowest BCUT2D eigenvalue weighted by Gasteiger charge is -2.35. The number of methoxy groups -OCH3 is 1. The molecule has 1 unspecified atom stereocenters. The van der Waals surface area contributed by atoms with Crippen LogP contribution in [0.5, 0.6) is 0 Å². The first-order valence-corrected chi connectivity index (χ1v) is 8.95.